The van der Waals surface area contributed by atoms with Crippen molar-refractivity contribution in [2.75, 3.05) is 19.5 Å². The molecule has 34 heavy (non-hydrogen) atoms. The van der Waals surface area contributed by atoms with Gasteiger partial charge in [0.15, 0.2) is 0 Å². The summed E-state index contributed by atoms with van der Waals surface area (Å²) < 4.78 is 15.3. The molecule has 1 saturated carbocycles. The van der Waals surface area contributed by atoms with E-state index in [1.165, 1.54) is 0 Å². The van der Waals surface area contributed by atoms with Gasteiger partial charge >= 0.3 is 0 Å². The molecule has 9 nitrogen and oxygen atoms in total. The maximum Gasteiger partial charge on any atom is 0.258 e. The Bertz CT molecular complexity index is 1350. The van der Waals surface area contributed by atoms with Crippen LogP contribution in [0.2, 0.25) is 0 Å². The molecule has 178 valence electrons. The van der Waals surface area contributed by atoms with Crippen molar-refractivity contribution in [3.8, 4) is 11.5 Å². The number of hydrogen-bond donors (Lipinski definition) is 2. The van der Waals surface area contributed by atoms with Crippen LogP contribution in [0.3, 0.4) is 0 Å². The van der Waals surface area contributed by atoms with Gasteiger partial charge in [0.25, 0.3) is 5.91 Å². The lowest BCUT2D eigenvalue weighted by molar-refractivity contribution is 0.102. The fourth-order valence-electron chi connectivity index (χ4n) is 4.76. The Morgan fingerprint density at radius 1 is 1.03 bits per heavy atom. The highest BCUT2D eigenvalue weighted by Gasteiger charge is 2.24. The van der Waals surface area contributed by atoms with Gasteiger partial charge in [0, 0.05) is 44.0 Å². The van der Waals surface area contributed by atoms with Crippen molar-refractivity contribution in [2.24, 2.45) is 14.1 Å². The van der Waals surface area contributed by atoms with Crippen LogP contribution in [0.25, 0.3) is 21.8 Å². The van der Waals surface area contributed by atoms with E-state index in [0.717, 1.165) is 47.7 Å². The second kappa shape index (κ2) is 8.98. The van der Waals surface area contributed by atoms with Crippen LogP contribution in [0.5, 0.6) is 11.5 Å². The van der Waals surface area contributed by atoms with Crippen LogP contribution < -0.4 is 20.1 Å². The number of carbonyl (C=O) groups is 1. The molecule has 1 fully saturated rings. The molecule has 2 aromatic heterocycles. The van der Waals surface area contributed by atoms with Crippen molar-refractivity contribution >= 4 is 33.4 Å². The third-order valence-electron chi connectivity index (χ3n) is 6.56. The first kappa shape index (κ1) is 22.2. The number of fused-ring (bicyclic) bond motifs is 2. The van der Waals surface area contributed by atoms with E-state index in [1.54, 1.807) is 22.5 Å². The van der Waals surface area contributed by atoms with E-state index in [1.807, 2.05) is 51.7 Å². The third-order valence-corrected chi connectivity index (χ3v) is 6.56. The Hall–Kier alpha value is -3.59. The van der Waals surface area contributed by atoms with Gasteiger partial charge in [-0.05, 0) is 50.9 Å². The number of anilines is 1. The second-order valence-electron chi connectivity index (χ2n) is 8.92. The summed E-state index contributed by atoms with van der Waals surface area (Å²) in [7, 11) is 7.30. The molecule has 2 N–H and O–H groups in total. The van der Waals surface area contributed by atoms with E-state index in [4.69, 9.17) is 9.47 Å². The number of methoxy groups -OCH3 is 1. The van der Waals surface area contributed by atoms with Crippen molar-refractivity contribution < 1.29 is 14.3 Å². The van der Waals surface area contributed by atoms with Crippen molar-refractivity contribution in [3.05, 3.63) is 42.2 Å². The second-order valence-corrected chi connectivity index (χ2v) is 8.92. The molecular weight excluding hydrogens is 432 g/mol. The molecule has 2 aromatic carbocycles. The Morgan fingerprint density at radius 2 is 1.79 bits per heavy atom. The van der Waals surface area contributed by atoms with Crippen molar-refractivity contribution in [1.29, 1.82) is 0 Å². The molecule has 1 amide bonds. The summed E-state index contributed by atoms with van der Waals surface area (Å²) in [4.78, 5) is 13.3. The fourth-order valence-corrected chi connectivity index (χ4v) is 4.76. The molecular formula is C25H30N6O3. The Morgan fingerprint density at radius 3 is 2.53 bits per heavy atom. The molecule has 0 spiro atoms. The highest BCUT2D eigenvalue weighted by molar-refractivity contribution is 6.13. The Kier molecular flexibility index (Phi) is 5.87. The number of nitrogens with zero attached hydrogens (tertiary/aromatic N) is 4. The number of rotatable bonds is 6. The highest BCUT2D eigenvalue weighted by Crippen LogP contribution is 2.33. The van der Waals surface area contributed by atoms with Crippen LogP contribution in [-0.2, 0) is 14.1 Å². The van der Waals surface area contributed by atoms with Gasteiger partial charge in [0.1, 0.15) is 17.0 Å². The van der Waals surface area contributed by atoms with Gasteiger partial charge < -0.3 is 20.1 Å². The summed E-state index contributed by atoms with van der Waals surface area (Å²) in [6.07, 6.45) is 8.18. The number of carbonyl (C=O) groups excluding carboxylic acids is 1. The van der Waals surface area contributed by atoms with Gasteiger partial charge in [-0.3, -0.25) is 14.2 Å². The Balaban J connectivity index is 1.42. The maximum atomic E-state index is 13.3. The van der Waals surface area contributed by atoms with Crippen LogP contribution in [0, 0.1) is 0 Å². The van der Waals surface area contributed by atoms with Crippen molar-refractivity contribution in [3.63, 3.8) is 0 Å². The van der Waals surface area contributed by atoms with Crippen LogP contribution in [-0.4, -0.2) is 51.8 Å². The largest absolute Gasteiger partial charge is 0.494 e. The number of nitrogens with one attached hydrogen (secondary N) is 2. The molecule has 0 saturated heterocycles. The van der Waals surface area contributed by atoms with Gasteiger partial charge in [-0.15, -0.1) is 0 Å². The van der Waals surface area contributed by atoms with Crippen molar-refractivity contribution in [1.82, 2.24) is 24.9 Å². The highest BCUT2D eigenvalue weighted by atomic mass is 16.5. The van der Waals surface area contributed by atoms with E-state index in [0.29, 0.717) is 28.6 Å². The molecule has 1 aliphatic carbocycles. The maximum absolute atomic E-state index is 13.3. The summed E-state index contributed by atoms with van der Waals surface area (Å²) in [5.41, 5.74) is 2.48. The minimum Gasteiger partial charge on any atom is -0.494 e. The lowest BCUT2D eigenvalue weighted by Gasteiger charge is -2.28. The van der Waals surface area contributed by atoms with Crippen LogP contribution in [0.4, 0.5) is 5.69 Å². The lowest BCUT2D eigenvalue weighted by atomic mass is 9.93. The van der Waals surface area contributed by atoms with Gasteiger partial charge in [0.05, 0.1) is 35.4 Å². The van der Waals surface area contributed by atoms with Gasteiger partial charge in [-0.25, -0.2) is 0 Å². The SMILES string of the molecule is CNC1CCC(Oc2ccc(C(=O)Nc3cc4cn(C)nc4cc3OC)c3nn(C)cc23)CC1. The van der Waals surface area contributed by atoms with Gasteiger partial charge in [-0.2, -0.15) is 10.2 Å². The van der Waals surface area contributed by atoms with Gasteiger partial charge in [0.2, 0.25) is 0 Å². The first-order chi connectivity index (χ1) is 16.4. The monoisotopic (exact) mass is 462 g/mol. The number of aryl methyl sites for hydroxylation is 2. The average Bonchev–Trinajstić information content (AvgIpc) is 3.40. The topological polar surface area (TPSA) is 95.2 Å². The van der Waals surface area contributed by atoms with Gasteiger partial charge in [-0.1, -0.05) is 0 Å². The minimum absolute atomic E-state index is 0.170. The van der Waals surface area contributed by atoms with Crippen LogP contribution >= 0.6 is 0 Å². The number of aromatic nitrogens is 4. The first-order valence-corrected chi connectivity index (χ1v) is 11.6. The minimum atomic E-state index is -0.258. The zero-order valence-electron chi connectivity index (χ0n) is 20.0. The summed E-state index contributed by atoms with van der Waals surface area (Å²) >= 11 is 0. The van der Waals surface area contributed by atoms with E-state index < -0.39 is 0 Å². The normalized spacial score (nSPS) is 18.4. The van der Waals surface area contributed by atoms with E-state index in [2.05, 4.69) is 20.8 Å². The molecule has 5 rings (SSSR count). The molecule has 9 heteroatoms. The molecule has 2 heterocycles. The molecule has 1 aliphatic rings. The predicted octanol–water partition coefficient (Wildman–Crippen LogP) is 3.63. The smallest absolute Gasteiger partial charge is 0.258 e. The molecule has 0 radical (unpaired) electrons. The first-order valence-electron chi connectivity index (χ1n) is 11.6. The number of hydrogen-bond acceptors (Lipinski definition) is 6. The summed E-state index contributed by atoms with van der Waals surface area (Å²) in [5, 5.41) is 17.1. The molecule has 4 aromatic rings. The summed E-state index contributed by atoms with van der Waals surface area (Å²) in [5.74, 6) is 1.06. The number of benzene rings is 2. The molecule has 0 aliphatic heterocycles. The van der Waals surface area contributed by atoms with Crippen LogP contribution in [0.15, 0.2) is 36.7 Å². The standard InChI is InChI=1S/C25H30N6O3/c1-26-16-5-7-17(8-6-16)34-22-10-9-18(24-19(22)14-31(3)29-24)25(32)27-21-11-15-13-30(2)28-20(15)12-23(21)33-4/h9-14,16-17,26H,5-8H2,1-4H3,(H,27,32). The zero-order chi connectivity index (χ0) is 23.8. The van der Waals surface area contributed by atoms with Crippen molar-refractivity contribution in [2.45, 2.75) is 37.8 Å². The fraction of sp³-hybridized carbons (Fsp3) is 0.400. The van der Waals surface area contributed by atoms with E-state index >= 15 is 0 Å². The average molecular weight is 463 g/mol. The molecule has 0 bridgehead atoms. The summed E-state index contributed by atoms with van der Waals surface area (Å²) in [6, 6.07) is 7.92. The molecule has 0 atom stereocenters. The summed E-state index contributed by atoms with van der Waals surface area (Å²) in [6.45, 7) is 0. The number of ether oxygens (including phenoxy) is 2. The zero-order valence-corrected chi connectivity index (χ0v) is 20.0. The molecule has 0 unspecified atom stereocenters. The third kappa shape index (κ3) is 4.19. The van der Waals surface area contributed by atoms with E-state index in [9.17, 15) is 4.79 Å². The quantitative estimate of drug-likeness (QED) is 0.454. The van der Waals surface area contributed by atoms with E-state index in [-0.39, 0.29) is 12.0 Å². The number of amides is 1. The lowest BCUT2D eigenvalue weighted by Crippen LogP contribution is -2.34. The predicted molar refractivity (Wildman–Crippen MR) is 132 cm³/mol. The Labute approximate surface area is 198 Å². The van der Waals surface area contributed by atoms with Crippen LogP contribution in [0.1, 0.15) is 36.0 Å².